The summed E-state index contributed by atoms with van der Waals surface area (Å²) in [6.07, 6.45) is 3.03. The van der Waals surface area contributed by atoms with Crippen LogP contribution in [0.3, 0.4) is 0 Å². The fraction of sp³-hybridized carbons (Fsp3) is 0.385. The SMILES string of the molecule is COc1cnc(C(F)F)cc1-c1cc(N2CCOC3(CC3)C2=O)ncc1C(=O)Nc1nnc(C#CC2CC2)s1. The zero-order valence-electron chi connectivity index (χ0n) is 20.7. The molecule has 1 aliphatic heterocycles. The van der Waals surface area contributed by atoms with Crippen LogP contribution in [-0.2, 0) is 9.53 Å². The maximum absolute atomic E-state index is 13.6. The highest BCUT2D eigenvalue weighted by Gasteiger charge is 2.55. The summed E-state index contributed by atoms with van der Waals surface area (Å²) < 4.78 is 38.3. The van der Waals surface area contributed by atoms with Crippen molar-refractivity contribution in [2.75, 3.05) is 30.5 Å². The molecule has 2 aliphatic carbocycles. The zero-order valence-corrected chi connectivity index (χ0v) is 21.6. The minimum atomic E-state index is -2.85. The van der Waals surface area contributed by atoms with E-state index in [4.69, 9.17) is 9.47 Å². The summed E-state index contributed by atoms with van der Waals surface area (Å²) in [7, 11) is 1.37. The lowest BCUT2D eigenvalue weighted by atomic mass is 9.99. The van der Waals surface area contributed by atoms with Crippen molar-refractivity contribution in [3.63, 3.8) is 0 Å². The van der Waals surface area contributed by atoms with E-state index in [9.17, 15) is 18.4 Å². The highest BCUT2D eigenvalue weighted by atomic mass is 32.1. The van der Waals surface area contributed by atoms with Crippen molar-refractivity contribution in [3.05, 3.63) is 40.8 Å². The standard InChI is InChI=1S/C26H22F2N6O4S/c1-37-19-13-29-18(22(27)28)10-16(19)15-11-20(34-8-9-38-26(6-7-26)24(34)36)30-12-17(15)23(35)31-25-33-32-21(39-25)5-4-14-2-3-14/h10-14,22H,2-3,6-9H2,1H3,(H,31,33,35). The first-order valence-corrected chi connectivity index (χ1v) is 13.1. The average molecular weight is 553 g/mol. The van der Waals surface area contributed by atoms with Gasteiger partial charge in [-0.15, -0.1) is 10.2 Å². The molecule has 200 valence electrons. The first kappa shape index (κ1) is 25.3. The normalized spacial score (nSPS) is 17.6. The number of ether oxygens (including phenoxy) is 2. The second-order valence-corrected chi connectivity index (χ2v) is 10.4. The second-order valence-electron chi connectivity index (χ2n) is 9.41. The van der Waals surface area contributed by atoms with Gasteiger partial charge in [0.15, 0.2) is 5.01 Å². The Morgan fingerprint density at radius 1 is 1.23 bits per heavy atom. The highest BCUT2D eigenvalue weighted by Crippen LogP contribution is 2.44. The smallest absolute Gasteiger partial charge is 0.280 e. The molecule has 2 amide bonds. The Labute approximate surface area is 225 Å². The molecular weight excluding hydrogens is 530 g/mol. The number of pyridine rings is 2. The highest BCUT2D eigenvalue weighted by molar-refractivity contribution is 7.15. The number of amides is 2. The van der Waals surface area contributed by atoms with Gasteiger partial charge in [0, 0.05) is 23.2 Å². The lowest BCUT2D eigenvalue weighted by Crippen LogP contribution is -2.49. The molecule has 0 aromatic carbocycles. The Kier molecular flexibility index (Phi) is 6.44. The fourth-order valence-corrected chi connectivity index (χ4v) is 4.86. The van der Waals surface area contributed by atoms with Crippen molar-refractivity contribution < 1.29 is 27.8 Å². The molecule has 1 spiro atoms. The van der Waals surface area contributed by atoms with Gasteiger partial charge in [0.1, 0.15) is 22.9 Å². The van der Waals surface area contributed by atoms with Crippen LogP contribution in [0.4, 0.5) is 19.7 Å². The minimum Gasteiger partial charge on any atom is -0.494 e. The van der Waals surface area contributed by atoms with Crippen molar-refractivity contribution in [1.29, 1.82) is 0 Å². The Hall–Kier alpha value is -4.02. The third-order valence-electron chi connectivity index (χ3n) is 6.67. The van der Waals surface area contributed by atoms with Crippen LogP contribution in [0.5, 0.6) is 5.75 Å². The number of anilines is 2. The number of morpholine rings is 1. The minimum absolute atomic E-state index is 0.0612. The number of nitrogens with one attached hydrogen (secondary N) is 1. The Morgan fingerprint density at radius 2 is 2.05 bits per heavy atom. The van der Waals surface area contributed by atoms with E-state index >= 15 is 0 Å². The van der Waals surface area contributed by atoms with E-state index in [-0.39, 0.29) is 45.8 Å². The first-order chi connectivity index (χ1) is 18.9. The van der Waals surface area contributed by atoms with Crippen LogP contribution in [-0.4, -0.2) is 57.8 Å². The van der Waals surface area contributed by atoms with Gasteiger partial charge in [0.2, 0.25) is 5.13 Å². The number of hydrogen-bond acceptors (Lipinski definition) is 9. The fourth-order valence-electron chi connectivity index (χ4n) is 4.26. The van der Waals surface area contributed by atoms with Crippen LogP contribution >= 0.6 is 11.3 Å². The number of carbonyl (C=O) groups is 2. The lowest BCUT2D eigenvalue weighted by Gasteiger charge is -2.32. The first-order valence-electron chi connectivity index (χ1n) is 12.3. The van der Waals surface area contributed by atoms with Crippen molar-refractivity contribution in [1.82, 2.24) is 20.2 Å². The van der Waals surface area contributed by atoms with Crippen LogP contribution in [0, 0.1) is 17.8 Å². The molecule has 3 aliphatic rings. The van der Waals surface area contributed by atoms with E-state index in [1.54, 1.807) is 0 Å². The van der Waals surface area contributed by atoms with Gasteiger partial charge < -0.3 is 9.47 Å². The third kappa shape index (κ3) is 5.05. The summed E-state index contributed by atoms with van der Waals surface area (Å²) in [5, 5.41) is 11.4. The van der Waals surface area contributed by atoms with Crippen molar-refractivity contribution in [2.24, 2.45) is 5.92 Å². The van der Waals surface area contributed by atoms with E-state index in [0.29, 0.717) is 30.4 Å². The van der Waals surface area contributed by atoms with Crippen molar-refractivity contribution in [3.8, 4) is 28.7 Å². The van der Waals surface area contributed by atoms with Gasteiger partial charge in [0.05, 0.1) is 32.0 Å². The molecule has 3 aromatic heterocycles. The van der Waals surface area contributed by atoms with Gasteiger partial charge in [-0.25, -0.2) is 13.8 Å². The van der Waals surface area contributed by atoms with E-state index < -0.39 is 23.6 Å². The van der Waals surface area contributed by atoms with Crippen LogP contribution in [0.25, 0.3) is 11.1 Å². The predicted octanol–water partition coefficient (Wildman–Crippen LogP) is 3.85. The maximum Gasteiger partial charge on any atom is 0.280 e. The summed E-state index contributed by atoms with van der Waals surface area (Å²) in [5.41, 5.74) is -0.817. The number of hydrogen-bond donors (Lipinski definition) is 1. The van der Waals surface area contributed by atoms with E-state index in [1.807, 2.05) is 0 Å². The van der Waals surface area contributed by atoms with Gasteiger partial charge in [-0.05, 0) is 43.7 Å². The summed E-state index contributed by atoms with van der Waals surface area (Å²) in [4.78, 5) is 36.2. The van der Waals surface area contributed by atoms with Gasteiger partial charge in [-0.3, -0.25) is 24.8 Å². The molecule has 10 nitrogen and oxygen atoms in total. The summed E-state index contributed by atoms with van der Waals surface area (Å²) in [6.45, 7) is 0.603. The van der Waals surface area contributed by atoms with Crippen molar-refractivity contribution in [2.45, 2.75) is 37.7 Å². The van der Waals surface area contributed by atoms with Gasteiger partial charge in [0.25, 0.3) is 18.2 Å². The number of alkyl halides is 2. The molecule has 0 radical (unpaired) electrons. The maximum atomic E-state index is 13.6. The Morgan fingerprint density at radius 3 is 2.77 bits per heavy atom. The molecule has 0 unspecified atom stereocenters. The number of methoxy groups -OCH3 is 1. The van der Waals surface area contributed by atoms with E-state index in [2.05, 4.69) is 37.3 Å². The molecule has 13 heteroatoms. The number of rotatable bonds is 6. The number of halogens is 2. The Bertz CT molecular complexity index is 1530. The number of carbonyl (C=O) groups excluding carboxylic acids is 2. The molecule has 3 aromatic rings. The lowest BCUT2D eigenvalue weighted by molar-refractivity contribution is -0.137. The summed E-state index contributed by atoms with van der Waals surface area (Å²) in [5.74, 6) is 6.08. The predicted molar refractivity (Wildman–Crippen MR) is 137 cm³/mol. The molecule has 0 bridgehead atoms. The average Bonchev–Trinajstić information content (AvgIpc) is 3.88. The van der Waals surface area contributed by atoms with Crippen LogP contribution in [0.2, 0.25) is 0 Å². The number of nitrogens with zero attached hydrogens (tertiary/aromatic N) is 5. The van der Waals surface area contributed by atoms with Gasteiger partial charge in [-0.1, -0.05) is 17.3 Å². The van der Waals surface area contributed by atoms with Crippen LogP contribution < -0.4 is 15.0 Å². The molecule has 1 N–H and O–H groups in total. The molecule has 3 fully saturated rings. The largest absolute Gasteiger partial charge is 0.494 e. The molecule has 4 heterocycles. The van der Waals surface area contributed by atoms with Crippen LogP contribution in [0.1, 0.15) is 53.2 Å². The van der Waals surface area contributed by atoms with Gasteiger partial charge >= 0.3 is 0 Å². The second kappa shape index (κ2) is 9.94. The summed E-state index contributed by atoms with van der Waals surface area (Å²) >= 11 is 1.13. The number of aromatic nitrogens is 4. The van der Waals surface area contributed by atoms with E-state index in [0.717, 1.165) is 24.2 Å². The topological polar surface area (TPSA) is 119 Å². The third-order valence-corrected chi connectivity index (χ3v) is 7.43. The zero-order chi connectivity index (χ0) is 27.1. The Balaban J connectivity index is 1.38. The summed E-state index contributed by atoms with van der Waals surface area (Å²) in [6, 6.07) is 2.69. The van der Waals surface area contributed by atoms with E-state index in [1.165, 1.54) is 36.5 Å². The molecule has 0 atom stereocenters. The monoisotopic (exact) mass is 552 g/mol. The van der Waals surface area contributed by atoms with Gasteiger partial charge in [-0.2, -0.15) is 0 Å². The quantitative estimate of drug-likeness (QED) is 0.458. The molecule has 2 saturated carbocycles. The molecule has 1 saturated heterocycles. The molecule has 6 rings (SSSR count). The molecule has 39 heavy (non-hydrogen) atoms. The van der Waals surface area contributed by atoms with Crippen molar-refractivity contribution >= 4 is 34.1 Å². The van der Waals surface area contributed by atoms with Crippen LogP contribution in [0.15, 0.2) is 24.5 Å². The molecular formula is C26H22F2N6O4S.